The van der Waals surface area contributed by atoms with Crippen molar-refractivity contribution in [1.82, 2.24) is 20.3 Å². The van der Waals surface area contributed by atoms with E-state index in [1.165, 1.54) is 24.3 Å². The summed E-state index contributed by atoms with van der Waals surface area (Å²) in [6.45, 7) is 0.0219. The first-order chi connectivity index (χ1) is 17.3. The van der Waals surface area contributed by atoms with Gasteiger partial charge in [0.15, 0.2) is 0 Å². The van der Waals surface area contributed by atoms with Gasteiger partial charge in [-0.15, -0.1) is 13.2 Å². The number of aromatic amines is 1. The maximum Gasteiger partial charge on any atom is 0.573 e. The van der Waals surface area contributed by atoms with E-state index >= 15 is 0 Å². The molecule has 0 bridgehead atoms. The van der Waals surface area contributed by atoms with Crippen molar-refractivity contribution in [2.45, 2.75) is 18.3 Å². The maximum atomic E-state index is 13.3. The third-order valence-electron chi connectivity index (χ3n) is 5.45. The molecule has 0 saturated heterocycles. The largest absolute Gasteiger partial charge is 0.573 e. The molecule has 3 N–H and O–H groups in total. The number of fused-ring (bicyclic) bond motifs is 2. The van der Waals surface area contributed by atoms with Crippen LogP contribution < -0.4 is 14.8 Å². The van der Waals surface area contributed by atoms with E-state index in [1.54, 1.807) is 36.7 Å². The lowest BCUT2D eigenvalue weighted by Crippen LogP contribution is -2.50. The average molecular weight is 500 g/mol. The van der Waals surface area contributed by atoms with Crippen LogP contribution in [0.3, 0.4) is 0 Å². The molecule has 1 aliphatic heterocycles. The van der Waals surface area contributed by atoms with Gasteiger partial charge in [-0.3, -0.25) is 14.6 Å². The molecule has 9 nitrogen and oxygen atoms in total. The summed E-state index contributed by atoms with van der Waals surface area (Å²) in [5, 5.41) is 10.7. The molecular formula is C24H19F3N4O5. The standard InChI is InChI=1S/C23H17F3N4O3.CH2O2/c24-23(25,26)33-16-7-5-15(6-8-16)22(9-12-32-18-4-2-10-27-19(18)22)30-21(31)17-13-14-3-1-11-28-20(14)29-17;2-1-3/h1-8,10-11,13H,9,12H2,(H,28,29)(H,30,31);1H,(H,2,3)/t22-;/m0./s1. The first-order valence-electron chi connectivity index (χ1n) is 10.5. The van der Waals surface area contributed by atoms with Crippen molar-refractivity contribution in [3.63, 3.8) is 0 Å². The van der Waals surface area contributed by atoms with E-state index in [0.29, 0.717) is 34.8 Å². The topological polar surface area (TPSA) is 126 Å². The third-order valence-corrected chi connectivity index (χ3v) is 5.45. The monoisotopic (exact) mass is 500 g/mol. The number of amides is 1. The molecule has 3 aromatic heterocycles. The van der Waals surface area contributed by atoms with Crippen LogP contribution in [0, 0.1) is 0 Å². The van der Waals surface area contributed by atoms with E-state index in [9.17, 15) is 18.0 Å². The lowest BCUT2D eigenvalue weighted by molar-refractivity contribution is -0.274. The van der Waals surface area contributed by atoms with Crippen LogP contribution in [-0.4, -0.2) is 45.4 Å². The fraction of sp³-hybridized carbons (Fsp3) is 0.167. The van der Waals surface area contributed by atoms with Gasteiger partial charge in [-0.05, 0) is 48.0 Å². The maximum absolute atomic E-state index is 13.3. The molecule has 4 heterocycles. The summed E-state index contributed by atoms with van der Waals surface area (Å²) < 4.78 is 47.5. The van der Waals surface area contributed by atoms with E-state index in [2.05, 4.69) is 25.0 Å². The Bertz CT molecular complexity index is 1340. The number of ether oxygens (including phenoxy) is 2. The SMILES string of the molecule is O=C(N[C@]1(c2ccc(OC(F)(F)F)cc2)CCOc2cccnc21)c1cc2cccnc2[nH]1.O=CO. The van der Waals surface area contributed by atoms with E-state index in [0.717, 1.165) is 5.39 Å². The van der Waals surface area contributed by atoms with Crippen molar-refractivity contribution in [3.05, 3.63) is 83.9 Å². The quantitative estimate of drug-likeness (QED) is 0.362. The highest BCUT2D eigenvalue weighted by molar-refractivity contribution is 5.98. The number of rotatable bonds is 4. The van der Waals surface area contributed by atoms with Crippen LogP contribution in [0.1, 0.15) is 28.2 Å². The number of halogens is 3. The molecule has 0 spiro atoms. The summed E-state index contributed by atoms with van der Waals surface area (Å²) in [6.07, 6.45) is -1.29. The van der Waals surface area contributed by atoms with Crippen LogP contribution in [-0.2, 0) is 10.3 Å². The molecule has 5 rings (SSSR count). The number of alkyl halides is 3. The van der Waals surface area contributed by atoms with Crippen LogP contribution in [0.15, 0.2) is 67.0 Å². The number of aromatic nitrogens is 3. The van der Waals surface area contributed by atoms with E-state index < -0.39 is 17.8 Å². The fourth-order valence-electron chi connectivity index (χ4n) is 4.02. The van der Waals surface area contributed by atoms with Gasteiger partial charge in [-0.25, -0.2) is 4.98 Å². The van der Waals surface area contributed by atoms with Crippen molar-refractivity contribution in [2.75, 3.05) is 6.61 Å². The highest BCUT2D eigenvalue weighted by atomic mass is 19.4. The zero-order chi connectivity index (χ0) is 25.8. The molecular weight excluding hydrogens is 481 g/mol. The molecule has 1 amide bonds. The molecule has 0 saturated carbocycles. The fourth-order valence-corrected chi connectivity index (χ4v) is 4.02. The van der Waals surface area contributed by atoms with Crippen LogP contribution in [0.2, 0.25) is 0 Å². The van der Waals surface area contributed by atoms with Gasteiger partial charge in [0.2, 0.25) is 0 Å². The summed E-state index contributed by atoms with van der Waals surface area (Å²) in [6, 6.07) is 14.1. The number of hydrogen-bond acceptors (Lipinski definition) is 6. The second kappa shape index (κ2) is 9.94. The summed E-state index contributed by atoms with van der Waals surface area (Å²) in [7, 11) is 0. The van der Waals surface area contributed by atoms with Gasteiger partial charge < -0.3 is 24.9 Å². The molecule has 12 heteroatoms. The predicted molar refractivity (Wildman–Crippen MR) is 121 cm³/mol. The molecule has 0 radical (unpaired) electrons. The number of benzene rings is 1. The number of H-pyrrole nitrogens is 1. The first kappa shape index (κ1) is 24.5. The van der Waals surface area contributed by atoms with Gasteiger partial charge in [-0.1, -0.05) is 12.1 Å². The predicted octanol–water partition coefficient (Wildman–Crippen LogP) is 4.01. The lowest BCUT2D eigenvalue weighted by atomic mass is 9.81. The zero-order valence-corrected chi connectivity index (χ0v) is 18.5. The number of carbonyl (C=O) groups excluding carboxylic acids is 1. The Balaban J connectivity index is 0.000000967. The summed E-state index contributed by atoms with van der Waals surface area (Å²) in [4.78, 5) is 33.3. The van der Waals surface area contributed by atoms with Crippen molar-refractivity contribution >= 4 is 23.4 Å². The highest BCUT2D eigenvalue weighted by Gasteiger charge is 2.43. The van der Waals surface area contributed by atoms with Crippen molar-refractivity contribution in [1.29, 1.82) is 0 Å². The second-order valence-electron chi connectivity index (χ2n) is 7.61. The Morgan fingerprint density at radius 1 is 1.14 bits per heavy atom. The van der Waals surface area contributed by atoms with Gasteiger partial charge in [0.1, 0.15) is 34.1 Å². The number of nitrogens with one attached hydrogen (secondary N) is 2. The van der Waals surface area contributed by atoms with Crippen LogP contribution in [0.4, 0.5) is 13.2 Å². The molecule has 0 fully saturated rings. The first-order valence-corrected chi connectivity index (χ1v) is 10.5. The number of carbonyl (C=O) groups is 2. The molecule has 0 aliphatic carbocycles. The number of pyridine rings is 2. The lowest BCUT2D eigenvalue weighted by Gasteiger charge is -2.38. The Hall–Kier alpha value is -4.61. The van der Waals surface area contributed by atoms with Crippen molar-refractivity contribution in [3.8, 4) is 11.5 Å². The smallest absolute Gasteiger partial charge is 0.491 e. The minimum atomic E-state index is -4.80. The molecule has 1 atom stereocenters. The normalized spacial score (nSPS) is 16.6. The summed E-state index contributed by atoms with van der Waals surface area (Å²) in [5.41, 5.74) is 0.735. The van der Waals surface area contributed by atoms with E-state index in [4.69, 9.17) is 14.6 Å². The summed E-state index contributed by atoms with van der Waals surface area (Å²) in [5.74, 6) is -0.289. The summed E-state index contributed by atoms with van der Waals surface area (Å²) >= 11 is 0. The minimum absolute atomic E-state index is 0.250. The number of carboxylic acid groups (broad SMARTS) is 1. The van der Waals surface area contributed by atoms with Crippen LogP contribution in [0.25, 0.3) is 11.0 Å². The van der Waals surface area contributed by atoms with Crippen molar-refractivity contribution < 1.29 is 37.3 Å². The van der Waals surface area contributed by atoms with E-state index in [-0.39, 0.29) is 18.8 Å². The Labute approximate surface area is 201 Å². The van der Waals surface area contributed by atoms with E-state index in [1.807, 2.05) is 6.07 Å². The average Bonchev–Trinajstić information content (AvgIpc) is 3.29. The second-order valence-corrected chi connectivity index (χ2v) is 7.61. The van der Waals surface area contributed by atoms with Gasteiger partial charge in [0.05, 0.1) is 6.61 Å². The van der Waals surface area contributed by atoms with Gasteiger partial charge in [-0.2, -0.15) is 0 Å². The van der Waals surface area contributed by atoms with Crippen molar-refractivity contribution in [2.24, 2.45) is 0 Å². The zero-order valence-electron chi connectivity index (χ0n) is 18.5. The minimum Gasteiger partial charge on any atom is -0.491 e. The highest BCUT2D eigenvalue weighted by Crippen LogP contribution is 2.41. The third kappa shape index (κ3) is 5.06. The van der Waals surface area contributed by atoms with Gasteiger partial charge >= 0.3 is 6.36 Å². The Morgan fingerprint density at radius 2 is 1.83 bits per heavy atom. The van der Waals surface area contributed by atoms with Gasteiger partial charge in [0, 0.05) is 24.2 Å². The molecule has 36 heavy (non-hydrogen) atoms. The molecule has 186 valence electrons. The van der Waals surface area contributed by atoms with Gasteiger partial charge in [0.25, 0.3) is 12.4 Å². The Morgan fingerprint density at radius 3 is 2.53 bits per heavy atom. The number of nitrogens with zero attached hydrogens (tertiary/aromatic N) is 2. The molecule has 0 unspecified atom stereocenters. The Kier molecular flexibility index (Phi) is 6.77. The number of hydrogen-bond donors (Lipinski definition) is 3. The van der Waals surface area contributed by atoms with Crippen LogP contribution in [0.5, 0.6) is 11.5 Å². The molecule has 1 aromatic carbocycles. The molecule has 1 aliphatic rings. The van der Waals surface area contributed by atoms with Crippen LogP contribution >= 0.6 is 0 Å². The molecule has 4 aromatic rings.